The molecule has 0 amide bonds. The van der Waals surface area contributed by atoms with Crippen molar-refractivity contribution in [3.63, 3.8) is 0 Å². The SMILES string of the molecule is Cc1cc(SCc2cc(C)n(-c3cc(C(F)(F)F)cc(C(F)(F)F)c3)n2)ccc1OCC(=O)O. The van der Waals surface area contributed by atoms with Crippen LogP contribution in [0, 0.1) is 13.8 Å². The van der Waals surface area contributed by atoms with E-state index < -0.39 is 36.1 Å². The third-order valence-electron chi connectivity index (χ3n) is 4.64. The zero-order valence-corrected chi connectivity index (χ0v) is 18.6. The number of aryl methyl sites for hydroxylation is 2. The Kier molecular flexibility index (Phi) is 7.20. The van der Waals surface area contributed by atoms with Gasteiger partial charge in [-0.05, 0) is 61.9 Å². The molecule has 1 heterocycles. The summed E-state index contributed by atoms with van der Waals surface area (Å²) in [4.78, 5) is 11.4. The number of hydrogen-bond donors (Lipinski definition) is 1. The van der Waals surface area contributed by atoms with Crippen molar-refractivity contribution in [3.05, 3.63) is 70.5 Å². The van der Waals surface area contributed by atoms with E-state index in [1.54, 1.807) is 31.2 Å². The molecule has 182 valence electrons. The number of benzene rings is 2. The van der Waals surface area contributed by atoms with Crippen molar-refractivity contribution >= 4 is 17.7 Å². The molecule has 0 aliphatic heterocycles. The van der Waals surface area contributed by atoms with Crippen molar-refractivity contribution in [2.24, 2.45) is 0 Å². The second-order valence-electron chi connectivity index (χ2n) is 7.35. The number of alkyl halides is 6. The average molecular weight is 504 g/mol. The number of halogens is 6. The summed E-state index contributed by atoms with van der Waals surface area (Å²) in [7, 11) is 0. The van der Waals surface area contributed by atoms with Crippen molar-refractivity contribution in [2.45, 2.75) is 36.8 Å². The largest absolute Gasteiger partial charge is 0.482 e. The number of carbonyl (C=O) groups is 1. The van der Waals surface area contributed by atoms with E-state index in [0.29, 0.717) is 40.6 Å². The van der Waals surface area contributed by atoms with E-state index in [0.717, 1.165) is 9.58 Å². The molecule has 1 N–H and O–H groups in total. The molecule has 0 bridgehead atoms. The van der Waals surface area contributed by atoms with E-state index in [9.17, 15) is 31.1 Å². The number of ether oxygens (including phenoxy) is 1. The van der Waals surface area contributed by atoms with Crippen molar-refractivity contribution < 1.29 is 41.0 Å². The van der Waals surface area contributed by atoms with Gasteiger partial charge in [0, 0.05) is 16.3 Å². The minimum absolute atomic E-state index is 0.0747. The second-order valence-corrected chi connectivity index (χ2v) is 8.40. The smallest absolute Gasteiger partial charge is 0.416 e. The van der Waals surface area contributed by atoms with Crippen LogP contribution in [0.5, 0.6) is 5.75 Å². The first kappa shape index (κ1) is 25.5. The van der Waals surface area contributed by atoms with Crippen LogP contribution in [0.2, 0.25) is 0 Å². The van der Waals surface area contributed by atoms with E-state index in [1.807, 2.05) is 0 Å². The predicted octanol–water partition coefficient (Wildman–Crippen LogP) is 6.28. The van der Waals surface area contributed by atoms with Crippen LogP contribution in [-0.4, -0.2) is 27.5 Å². The van der Waals surface area contributed by atoms with Gasteiger partial charge in [-0.1, -0.05) is 0 Å². The van der Waals surface area contributed by atoms with Crippen LogP contribution in [0.3, 0.4) is 0 Å². The number of aliphatic carboxylic acids is 1. The molecular weight excluding hydrogens is 486 g/mol. The number of thioether (sulfide) groups is 1. The van der Waals surface area contributed by atoms with E-state index in [1.165, 1.54) is 18.7 Å². The highest BCUT2D eigenvalue weighted by molar-refractivity contribution is 7.98. The average Bonchev–Trinajstić information content (AvgIpc) is 3.10. The summed E-state index contributed by atoms with van der Waals surface area (Å²) in [6.07, 6.45) is -9.90. The number of carboxylic acid groups (broad SMARTS) is 1. The fourth-order valence-corrected chi connectivity index (χ4v) is 3.98. The molecule has 12 heteroatoms. The molecule has 0 aliphatic carbocycles. The lowest BCUT2D eigenvalue weighted by Crippen LogP contribution is -2.13. The van der Waals surface area contributed by atoms with Crippen LogP contribution in [0.15, 0.2) is 47.4 Å². The molecule has 0 aliphatic rings. The summed E-state index contributed by atoms with van der Waals surface area (Å²) in [5.41, 5.74) is -1.63. The fourth-order valence-electron chi connectivity index (χ4n) is 3.10. The lowest BCUT2D eigenvalue weighted by atomic mass is 10.1. The third-order valence-corrected chi connectivity index (χ3v) is 5.67. The summed E-state index contributed by atoms with van der Waals surface area (Å²) < 4.78 is 85.3. The van der Waals surface area contributed by atoms with E-state index in [-0.39, 0.29) is 11.8 Å². The van der Waals surface area contributed by atoms with Gasteiger partial charge in [0.2, 0.25) is 0 Å². The highest BCUT2D eigenvalue weighted by Gasteiger charge is 2.37. The van der Waals surface area contributed by atoms with Gasteiger partial charge in [-0.2, -0.15) is 31.4 Å². The molecule has 2 aromatic carbocycles. The van der Waals surface area contributed by atoms with Crippen LogP contribution >= 0.6 is 11.8 Å². The number of nitrogens with zero attached hydrogens (tertiary/aromatic N) is 2. The predicted molar refractivity (Wildman–Crippen MR) is 112 cm³/mol. The molecule has 0 radical (unpaired) electrons. The maximum Gasteiger partial charge on any atom is 0.416 e. The highest BCUT2D eigenvalue weighted by atomic mass is 32.2. The molecule has 34 heavy (non-hydrogen) atoms. The van der Waals surface area contributed by atoms with Gasteiger partial charge in [0.25, 0.3) is 0 Å². The number of hydrogen-bond acceptors (Lipinski definition) is 4. The zero-order chi connectivity index (χ0) is 25.3. The first-order valence-electron chi connectivity index (χ1n) is 9.67. The lowest BCUT2D eigenvalue weighted by Gasteiger charge is -2.15. The summed E-state index contributed by atoms with van der Waals surface area (Å²) in [5, 5.41) is 12.9. The summed E-state index contributed by atoms with van der Waals surface area (Å²) in [6.45, 7) is 2.80. The number of aromatic nitrogens is 2. The van der Waals surface area contributed by atoms with Crippen LogP contribution in [0.4, 0.5) is 26.3 Å². The standard InChI is InChI=1S/C22H18F6N2O3S/c1-12-5-18(3-4-19(12)33-10-20(31)32)34-11-16-6-13(2)30(29-16)17-8-14(21(23,24)25)7-15(9-17)22(26,27)28/h3-9H,10-11H2,1-2H3,(H,31,32). The minimum atomic E-state index is -4.95. The van der Waals surface area contributed by atoms with Crippen molar-refractivity contribution in [1.82, 2.24) is 9.78 Å². The maximum atomic E-state index is 13.2. The van der Waals surface area contributed by atoms with Crippen LogP contribution in [-0.2, 0) is 22.9 Å². The second kappa shape index (κ2) is 9.61. The summed E-state index contributed by atoms with van der Waals surface area (Å²) in [6, 6.07) is 8.01. The van der Waals surface area contributed by atoms with E-state index in [4.69, 9.17) is 9.84 Å². The fraction of sp³-hybridized carbons (Fsp3) is 0.273. The molecule has 0 fully saturated rings. The molecule has 3 rings (SSSR count). The molecule has 0 atom stereocenters. The topological polar surface area (TPSA) is 64.4 Å². The van der Waals surface area contributed by atoms with Crippen LogP contribution in [0.1, 0.15) is 28.1 Å². The monoisotopic (exact) mass is 504 g/mol. The van der Waals surface area contributed by atoms with Gasteiger partial charge in [0.15, 0.2) is 6.61 Å². The van der Waals surface area contributed by atoms with E-state index in [2.05, 4.69) is 5.10 Å². The normalized spacial score (nSPS) is 12.1. The lowest BCUT2D eigenvalue weighted by molar-refractivity contribution is -0.143. The Balaban J connectivity index is 1.82. The number of carboxylic acids is 1. The Bertz CT molecular complexity index is 1170. The molecule has 0 saturated heterocycles. The Morgan fingerprint density at radius 2 is 1.62 bits per heavy atom. The van der Waals surface area contributed by atoms with Crippen molar-refractivity contribution in [1.29, 1.82) is 0 Å². The Labute approximate surface area is 194 Å². The molecule has 0 saturated carbocycles. The van der Waals surface area contributed by atoms with Crippen LogP contribution in [0.25, 0.3) is 5.69 Å². The van der Waals surface area contributed by atoms with Crippen LogP contribution < -0.4 is 4.74 Å². The molecule has 5 nitrogen and oxygen atoms in total. The summed E-state index contributed by atoms with van der Waals surface area (Å²) in [5.74, 6) is -0.392. The molecule has 3 aromatic rings. The number of rotatable bonds is 7. The Morgan fingerprint density at radius 3 is 2.15 bits per heavy atom. The Morgan fingerprint density at radius 1 is 1.00 bits per heavy atom. The molecule has 0 spiro atoms. The van der Waals surface area contributed by atoms with Gasteiger partial charge in [-0.3, -0.25) is 0 Å². The van der Waals surface area contributed by atoms with Gasteiger partial charge in [0.05, 0.1) is 22.5 Å². The first-order chi connectivity index (χ1) is 15.7. The summed E-state index contributed by atoms with van der Waals surface area (Å²) >= 11 is 1.35. The zero-order valence-electron chi connectivity index (χ0n) is 17.8. The quantitative estimate of drug-likeness (QED) is 0.303. The highest BCUT2D eigenvalue weighted by Crippen LogP contribution is 2.37. The minimum Gasteiger partial charge on any atom is -0.482 e. The molecule has 0 unspecified atom stereocenters. The van der Waals surface area contributed by atoms with Gasteiger partial charge in [-0.15, -0.1) is 11.8 Å². The third kappa shape index (κ3) is 6.25. The van der Waals surface area contributed by atoms with Gasteiger partial charge in [-0.25, -0.2) is 9.48 Å². The van der Waals surface area contributed by atoms with Gasteiger partial charge in [0.1, 0.15) is 5.75 Å². The molecular formula is C22H18F6N2O3S. The van der Waals surface area contributed by atoms with Crippen molar-refractivity contribution in [2.75, 3.05) is 6.61 Å². The van der Waals surface area contributed by atoms with Gasteiger partial charge >= 0.3 is 18.3 Å². The maximum absolute atomic E-state index is 13.2. The van der Waals surface area contributed by atoms with Crippen molar-refractivity contribution in [3.8, 4) is 11.4 Å². The first-order valence-corrected chi connectivity index (χ1v) is 10.7. The Hall–Kier alpha value is -3.15. The molecule has 1 aromatic heterocycles. The van der Waals surface area contributed by atoms with Gasteiger partial charge < -0.3 is 9.84 Å². The van der Waals surface area contributed by atoms with E-state index >= 15 is 0 Å².